The molecule has 2 aromatic carbocycles. The summed E-state index contributed by atoms with van der Waals surface area (Å²) in [6.07, 6.45) is 2.35. The van der Waals surface area contributed by atoms with E-state index >= 15 is 0 Å². The van der Waals surface area contributed by atoms with Gasteiger partial charge in [-0.25, -0.2) is 14.8 Å². The number of rotatable bonds is 7. The van der Waals surface area contributed by atoms with Gasteiger partial charge in [0.05, 0.1) is 17.0 Å². The predicted molar refractivity (Wildman–Crippen MR) is 159 cm³/mol. The van der Waals surface area contributed by atoms with Crippen molar-refractivity contribution < 1.29 is 9.59 Å². The lowest BCUT2D eigenvalue weighted by Crippen LogP contribution is -2.43. The SMILES string of the molecule is Cc1ccc(N(CCCN2CC3CN(C(=O)c4c(C)ncnc4C)CC3C2)C(=O)N(C)c2ccccc2)cc1Cl. The molecule has 0 spiro atoms. The normalized spacial score (nSPS) is 18.6. The second kappa shape index (κ2) is 11.9. The van der Waals surface area contributed by atoms with Crippen LogP contribution < -0.4 is 9.80 Å². The first-order valence-electron chi connectivity index (χ1n) is 13.9. The van der Waals surface area contributed by atoms with E-state index in [1.165, 1.54) is 6.33 Å². The molecule has 3 heterocycles. The smallest absolute Gasteiger partial charge is 0.328 e. The van der Waals surface area contributed by atoms with Crippen LogP contribution in [-0.4, -0.2) is 78.0 Å². The van der Waals surface area contributed by atoms with E-state index < -0.39 is 0 Å². The minimum absolute atomic E-state index is 0.0463. The zero-order valence-corrected chi connectivity index (χ0v) is 24.4. The standard InChI is InChI=1S/C31H37ClN6O2/c1-21-11-12-27(15-28(21)32)38(31(40)35(4)26-9-6-5-7-10-26)14-8-13-36-16-24-18-37(19-25(24)17-36)30(39)29-22(2)33-20-34-23(29)3/h5-7,9-12,15,20,24-25H,8,13-14,16-19H2,1-4H3. The van der Waals surface area contributed by atoms with Gasteiger partial charge in [0.1, 0.15) is 6.33 Å². The summed E-state index contributed by atoms with van der Waals surface area (Å²) in [7, 11) is 1.81. The van der Waals surface area contributed by atoms with Crippen molar-refractivity contribution in [2.45, 2.75) is 27.2 Å². The Morgan fingerprint density at radius 2 is 1.57 bits per heavy atom. The van der Waals surface area contributed by atoms with Crippen LogP contribution in [0.4, 0.5) is 16.2 Å². The number of carbonyl (C=O) groups excluding carboxylic acids is 2. The number of nitrogens with zero attached hydrogens (tertiary/aromatic N) is 6. The van der Waals surface area contributed by atoms with Crippen LogP contribution >= 0.6 is 11.6 Å². The number of likely N-dealkylation sites (tertiary alicyclic amines) is 2. The van der Waals surface area contributed by atoms with Gasteiger partial charge < -0.3 is 9.80 Å². The van der Waals surface area contributed by atoms with Crippen LogP contribution in [0, 0.1) is 32.6 Å². The van der Waals surface area contributed by atoms with Crippen LogP contribution in [0.2, 0.25) is 5.02 Å². The van der Waals surface area contributed by atoms with E-state index in [-0.39, 0.29) is 11.9 Å². The van der Waals surface area contributed by atoms with Gasteiger partial charge >= 0.3 is 6.03 Å². The van der Waals surface area contributed by atoms with Crippen molar-refractivity contribution in [2.24, 2.45) is 11.8 Å². The molecule has 0 radical (unpaired) electrons. The number of anilines is 2. The Bertz CT molecular complexity index is 1350. The molecule has 3 amide bonds. The first-order chi connectivity index (χ1) is 19.2. The van der Waals surface area contributed by atoms with Gasteiger partial charge in [0, 0.05) is 56.2 Å². The van der Waals surface area contributed by atoms with E-state index in [0.29, 0.717) is 29.0 Å². The Labute approximate surface area is 241 Å². The van der Waals surface area contributed by atoms with Gasteiger partial charge in [-0.3, -0.25) is 14.6 Å². The number of para-hydroxylation sites is 1. The summed E-state index contributed by atoms with van der Waals surface area (Å²) in [5.74, 6) is 0.976. The largest absolute Gasteiger partial charge is 0.338 e. The van der Waals surface area contributed by atoms with Gasteiger partial charge in [-0.2, -0.15) is 0 Å². The van der Waals surface area contributed by atoms with Crippen molar-refractivity contribution in [3.05, 3.63) is 82.4 Å². The van der Waals surface area contributed by atoms with E-state index in [1.54, 1.807) is 11.9 Å². The number of benzene rings is 2. The van der Waals surface area contributed by atoms with E-state index in [1.807, 2.05) is 79.1 Å². The molecule has 8 nitrogen and oxygen atoms in total. The lowest BCUT2D eigenvalue weighted by molar-refractivity contribution is 0.0771. The topological polar surface area (TPSA) is 72.9 Å². The van der Waals surface area contributed by atoms with Gasteiger partial charge in [-0.05, 0) is 75.4 Å². The summed E-state index contributed by atoms with van der Waals surface area (Å²) in [5.41, 5.74) is 4.74. The van der Waals surface area contributed by atoms with Crippen molar-refractivity contribution in [1.82, 2.24) is 19.8 Å². The molecule has 2 aliphatic heterocycles. The maximum absolute atomic E-state index is 13.6. The minimum Gasteiger partial charge on any atom is -0.338 e. The highest BCUT2D eigenvalue weighted by atomic mass is 35.5. The number of aromatic nitrogens is 2. The molecule has 40 heavy (non-hydrogen) atoms. The van der Waals surface area contributed by atoms with E-state index in [0.717, 1.165) is 67.5 Å². The fraction of sp³-hybridized carbons (Fsp3) is 0.419. The fourth-order valence-electron chi connectivity index (χ4n) is 5.98. The van der Waals surface area contributed by atoms with E-state index in [9.17, 15) is 9.59 Å². The van der Waals surface area contributed by atoms with E-state index in [2.05, 4.69) is 14.9 Å². The van der Waals surface area contributed by atoms with Crippen molar-refractivity contribution in [3.8, 4) is 0 Å². The van der Waals surface area contributed by atoms with Gasteiger partial charge in [0.2, 0.25) is 0 Å². The summed E-state index contributed by atoms with van der Waals surface area (Å²) in [6.45, 7) is 10.6. The summed E-state index contributed by atoms with van der Waals surface area (Å²) < 4.78 is 0. The third-order valence-electron chi connectivity index (χ3n) is 8.27. The Morgan fingerprint density at radius 1 is 0.925 bits per heavy atom. The number of halogens is 1. The zero-order valence-electron chi connectivity index (χ0n) is 23.7. The third-order valence-corrected chi connectivity index (χ3v) is 8.68. The first kappa shape index (κ1) is 28.1. The van der Waals surface area contributed by atoms with Gasteiger partial charge in [-0.1, -0.05) is 35.9 Å². The Balaban J connectivity index is 1.20. The van der Waals surface area contributed by atoms with Crippen molar-refractivity contribution in [3.63, 3.8) is 0 Å². The Hall–Kier alpha value is -3.49. The highest BCUT2D eigenvalue weighted by molar-refractivity contribution is 6.31. The number of aryl methyl sites for hydroxylation is 3. The number of carbonyl (C=O) groups is 2. The van der Waals surface area contributed by atoms with E-state index in [4.69, 9.17) is 11.6 Å². The maximum Gasteiger partial charge on any atom is 0.328 e. The molecule has 2 saturated heterocycles. The molecule has 210 valence electrons. The quantitative estimate of drug-likeness (QED) is 0.396. The average molecular weight is 561 g/mol. The fourth-order valence-corrected chi connectivity index (χ4v) is 6.15. The second-order valence-corrected chi connectivity index (χ2v) is 11.4. The first-order valence-corrected chi connectivity index (χ1v) is 14.3. The lowest BCUT2D eigenvalue weighted by Gasteiger charge is -2.29. The lowest BCUT2D eigenvalue weighted by atomic mass is 10.0. The third kappa shape index (κ3) is 5.83. The zero-order chi connectivity index (χ0) is 28.4. The molecule has 3 aromatic rings. The van der Waals surface area contributed by atoms with Crippen molar-refractivity contribution in [2.75, 3.05) is 56.1 Å². The molecule has 5 rings (SSSR count). The molecule has 0 N–H and O–H groups in total. The summed E-state index contributed by atoms with van der Waals surface area (Å²) >= 11 is 6.45. The molecule has 2 unspecified atom stereocenters. The summed E-state index contributed by atoms with van der Waals surface area (Å²) in [5, 5.41) is 0.650. The van der Waals surface area contributed by atoms with Crippen LogP contribution in [0.3, 0.4) is 0 Å². The predicted octanol–water partition coefficient (Wildman–Crippen LogP) is 5.21. The molecule has 9 heteroatoms. The molecule has 2 aliphatic rings. The van der Waals surface area contributed by atoms with Crippen molar-refractivity contribution >= 4 is 34.9 Å². The molecule has 0 aliphatic carbocycles. The van der Waals surface area contributed by atoms with Crippen LogP contribution in [0.15, 0.2) is 54.9 Å². The number of hydrogen-bond acceptors (Lipinski definition) is 5. The molecule has 2 fully saturated rings. The van der Waals surface area contributed by atoms with Crippen LogP contribution in [0.1, 0.15) is 33.7 Å². The Kier molecular flexibility index (Phi) is 8.38. The Morgan fingerprint density at radius 3 is 2.20 bits per heavy atom. The minimum atomic E-state index is -0.0888. The van der Waals surface area contributed by atoms with Gasteiger partial charge in [0.25, 0.3) is 5.91 Å². The molecule has 1 aromatic heterocycles. The van der Waals surface area contributed by atoms with Crippen molar-refractivity contribution in [1.29, 1.82) is 0 Å². The number of urea groups is 1. The molecular weight excluding hydrogens is 524 g/mol. The maximum atomic E-state index is 13.6. The highest BCUT2D eigenvalue weighted by Crippen LogP contribution is 2.33. The summed E-state index contributed by atoms with van der Waals surface area (Å²) in [4.78, 5) is 43.3. The van der Waals surface area contributed by atoms with Gasteiger partial charge in [-0.15, -0.1) is 0 Å². The van der Waals surface area contributed by atoms with Crippen LogP contribution in [-0.2, 0) is 0 Å². The van der Waals surface area contributed by atoms with Crippen LogP contribution in [0.5, 0.6) is 0 Å². The molecule has 2 atom stereocenters. The molecular formula is C31H37ClN6O2. The second-order valence-electron chi connectivity index (χ2n) is 11.0. The average Bonchev–Trinajstić information content (AvgIpc) is 3.51. The van der Waals surface area contributed by atoms with Crippen LogP contribution in [0.25, 0.3) is 0 Å². The monoisotopic (exact) mass is 560 g/mol. The molecule has 0 bridgehead atoms. The molecule has 0 saturated carbocycles. The summed E-state index contributed by atoms with van der Waals surface area (Å²) in [6, 6.07) is 15.4. The van der Waals surface area contributed by atoms with Gasteiger partial charge in [0.15, 0.2) is 0 Å². The number of amides is 3. The highest BCUT2D eigenvalue weighted by Gasteiger charge is 2.42. The number of hydrogen-bond donors (Lipinski definition) is 0. The number of fused-ring (bicyclic) bond motifs is 1.